The summed E-state index contributed by atoms with van der Waals surface area (Å²) in [6.07, 6.45) is 1.64. The normalized spacial score (nSPS) is 29.1. The molecule has 1 aliphatic heterocycles. The number of rotatable bonds is 1. The topological polar surface area (TPSA) is 29.5 Å². The van der Waals surface area contributed by atoms with Crippen LogP contribution in [0.25, 0.3) is 0 Å². The SMILES string of the molecule is O[C@@]1(c2ccccc2)CCCO1. The zero-order valence-corrected chi connectivity index (χ0v) is 6.86. The van der Waals surface area contributed by atoms with E-state index >= 15 is 0 Å². The van der Waals surface area contributed by atoms with Gasteiger partial charge in [-0.2, -0.15) is 0 Å². The fourth-order valence-electron chi connectivity index (χ4n) is 1.55. The first-order valence-corrected chi connectivity index (χ1v) is 4.23. The van der Waals surface area contributed by atoms with Crippen molar-refractivity contribution in [1.29, 1.82) is 0 Å². The number of hydrogen-bond donors (Lipinski definition) is 1. The molecule has 1 fully saturated rings. The van der Waals surface area contributed by atoms with Gasteiger partial charge in [0.15, 0.2) is 5.79 Å². The molecule has 0 aliphatic carbocycles. The summed E-state index contributed by atoms with van der Waals surface area (Å²) in [6, 6.07) is 9.54. The van der Waals surface area contributed by atoms with Crippen LogP contribution >= 0.6 is 0 Å². The molecule has 0 saturated carbocycles. The second-order valence-electron chi connectivity index (χ2n) is 3.10. The van der Waals surface area contributed by atoms with E-state index in [0.29, 0.717) is 13.0 Å². The maximum atomic E-state index is 9.94. The largest absolute Gasteiger partial charge is 0.362 e. The summed E-state index contributed by atoms with van der Waals surface area (Å²) in [6.45, 7) is 0.658. The average Bonchev–Trinajstić information content (AvgIpc) is 2.55. The second kappa shape index (κ2) is 2.88. The van der Waals surface area contributed by atoms with Gasteiger partial charge in [0.05, 0.1) is 6.61 Å². The lowest BCUT2D eigenvalue weighted by Crippen LogP contribution is -2.23. The number of hydrogen-bond acceptors (Lipinski definition) is 2. The molecular weight excluding hydrogens is 152 g/mol. The predicted octanol–water partition coefficient (Wildman–Crippen LogP) is 1.64. The number of aliphatic hydroxyl groups is 1. The minimum atomic E-state index is -1.01. The predicted molar refractivity (Wildman–Crippen MR) is 45.5 cm³/mol. The quantitative estimate of drug-likeness (QED) is 0.683. The van der Waals surface area contributed by atoms with Crippen molar-refractivity contribution in [3.8, 4) is 0 Å². The smallest absolute Gasteiger partial charge is 0.192 e. The van der Waals surface area contributed by atoms with E-state index in [-0.39, 0.29) is 0 Å². The Morgan fingerprint density at radius 2 is 2.00 bits per heavy atom. The van der Waals surface area contributed by atoms with Crippen molar-refractivity contribution in [3.63, 3.8) is 0 Å². The molecule has 2 heteroatoms. The lowest BCUT2D eigenvalue weighted by atomic mass is 10.0. The fraction of sp³-hybridized carbons (Fsp3) is 0.400. The Morgan fingerprint density at radius 3 is 2.58 bits per heavy atom. The van der Waals surface area contributed by atoms with Crippen molar-refractivity contribution >= 4 is 0 Å². The van der Waals surface area contributed by atoms with Crippen LogP contribution in [0.2, 0.25) is 0 Å². The molecule has 0 bridgehead atoms. The minimum Gasteiger partial charge on any atom is -0.362 e. The van der Waals surface area contributed by atoms with Crippen LogP contribution in [0.15, 0.2) is 30.3 Å². The Balaban J connectivity index is 2.29. The minimum absolute atomic E-state index is 0.658. The van der Waals surface area contributed by atoms with Crippen LogP contribution in [0, 0.1) is 0 Å². The van der Waals surface area contributed by atoms with Gasteiger partial charge in [-0.1, -0.05) is 30.3 Å². The highest BCUT2D eigenvalue weighted by Crippen LogP contribution is 2.32. The Kier molecular flexibility index (Phi) is 1.87. The Bertz CT molecular complexity index is 250. The molecule has 1 aromatic rings. The molecule has 1 saturated heterocycles. The zero-order chi connectivity index (χ0) is 8.44. The molecule has 1 aliphatic rings. The third-order valence-electron chi connectivity index (χ3n) is 2.23. The van der Waals surface area contributed by atoms with Crippen molar-refractivity contribution in [3.05, 3.63) is 35.9 Å². The van der Waals surface area contributed by atoms with Gasteiger partial charge in [0, 0.05) is 12.0 Å². The van der Waals surface area contributed by atoms with Gasteiger partial charge in [-0.25, -0.2) is 0 Å². The summed E-state index contributed by atoms with van der Waals surface area (Å²) in [7, 11) is 0. The summed E-state index contributed by atoms with van der Waals surface area (Å²) in [4.78, 5) is 0. The van der Waals surface area contributed by atoms with Gasteiger partial charge in [0.2, 0.25) is 0 Å². The molecule has 0 radical (unpaired) electrons. The van der Waals surface area contributed by atoms with Crippen LogP contribution in [0.5, 0.6) is 0 Å². The van der Waals surface area contributed by atoms with Crippen LogP contribution < -0.4 is 0 Å². The first-order chi connectivity index (χ1) is 5.81. The maximum Gasteiger partial charge on any atom is 0.192 e. The maximum absolute atomic E-state index is 9.94. The van der Waals surface area contributed by atoms with Crippen LogP contribution in [0.1, 0.15) is 18.4 Å². The highest BCUT2D eigenvalue weighted by atomic mass is 16.6. The van der Waals surface area contributed by atoms with Crippen LogP contribution in [0.3, 0.4) is 0 Å². The lowest BCUT2D eigenvalue weighted by Gasteiger charge is -2.21. The third-order valence-corrected chi connectivity index (χ3v) is 2.23. The van der Waals surface area contributed by atoms with Crippen LogP contribution in [-0.2, 0) is 10.5 Å². The Hall–Kier alpha value is -0.860. The first-order valence-electron chi connectivity index (χ1n) is 4.23. The van der Waals surface area contributed by atoms with Crippen molar-refractivity contribution < 1.29 is 9.84 Å². The van der Waals surface area contributed by atoms with Crippen molar-refractivity contribution in [2.75, 3.05) is 6.61 Å². The second-order valence-corrected chi connectivity index (χ2v) is 3.10. The fourth-order valence-corrected chi connectivity index (χ4v) is 1.55. The van der Waals surface area contributed by atoms with E-state index in [4.69, 9.17) is 4.74 Å². The molecule has 64 valence electrons. The monoisotopic (exact) mass is 164 g/mol. The molecule has 12 heavy (non-hydrogen) atoms. The molecule has 1 aromatic carbocycles. The van der Waals surface area contributed by atoms with E-state index in [1.165, 1.54) is 0 Å². The molecule has 1 heterocycles. The first kappa shape index (κ1) is 7.77. The molecular formula is C10H12O2. The molecule has 2 rings (SSSR count). The Morgan fingerprint density at radius 1 is 1.25 bits per heavy atom. The van der Waals surface area contributed by atoms with E-state index in [1.54, 1.807) is 0 Å². The average molecular weight is 164 g/mol. The molecule has 0 amide bonds. The van der Waals surface area contributed by atoms with Gasteiger partial charge in [-0.05, 0) is 6.42 Å². The van der Waals surface area contributed by atoms with Gasteiger partial charge in [-0.15, -0.1) is 0 Å². The van der Waals surface area contributed by atoms with Gasteiger partial charge in [0.1, 0.15) is 0 Å². The zero-order valence-electron chi connectivity index (χ0n) is 6.86. The van der Waals surface area contributed by atoms with Crippen molar-refractivity contribution in [1.82, 2.24) is 0 Å². The third kappa shape index (κ3) is 1.24. The molecule has 0 aromatic heterocycles. The standard InChI is InChI=1S/C10H12O2/c11-10(7-4-8-12-10)9-5-2-1-3-6-9/h1-3,5-6,11H,4,7-8H2/t10-/m0/s1. The molecule has 0 spiro atoms. The van der Waals surface area contributed by atoms with E-state index in [2.05, 4.69) is 0 Å². The molecule has 1 N–H and O–H groups in total. The number of ether oxygens (including phenoxy) is 1. The van der Waals surface area contributed by atoms with Crippen LogP contribution in [0.4, 0.5) is 0 Å². The lowest BCUT2D eigenvalue weighted by molar-refractivity contribution is -0.179. The van der Waals surface area contributed by atoms with Gasteiger partial charge in [0.25, 0.3) is 0 Å². The van der Waals surface area contributed by atoms with E-state index in [0.717, 1.165) is 12.0 Å². The Labute approximate surface area is 71.8 Å². The summed E-state index contributed by atoms with van der Waals surface area (Å²) in [5.74, 6) is -1.01. The highest BCUT2D eigenvalue weighted by molar-refractivity contribution is 5.20. The molecule has 1 atom stereocenters. The summed E-state index contributed by atoms with van der Waals surface area (Å²) in [5.41, 5.74) is 0.863. The van der Waals surface area contributed by atoms with Gasteiger partial charge < -0.3 is 9.84 Å². The van der Waals surface area contributed by atoms with Crippen LogP contribution in [-0.4, -0.2) is 11.7 Å². The van der Waals surface area contributed by atoms with E-state index < -0.39 is 5.79 Å². The van der Waals surface area contributed by atoms with E-state index in [9.17, 15) is 5.11 Å². The number of benzene rings is 1. The van der Waals surface area contributed by atoms with Crippen molar-refractivity contribution in [2.24, 2.45) is 0 Å². The summed E-state index contributed by atoms with van der Waals surface area (Å²) >= 11 is 0. The summed E-state index contributed by atoms with van der Waals surface area (Å²) < 4.78 is 5.28. The van der Waals surface area contributed by atoms with E-state index in [1.807, 2.05) is 30.3 Å². The van der Waals surface area contributed by atoms with Gasteiger partial charge in [-0.3, -0.25) is 0 Å². The molecule has 2 nitrogen and oxygen atoms in total. The highest BCUT2D eigenvalue weighted by Gasteiger charge is 2.33. The van der Waals surface area contributed by atoms with Gasteiger partial charge >= 0.3 is 0 Å². The molecule has 0 unspecified atom stereocenters. The van der Waals surface area contributed by atoms with Crippen molar-refractivity contribution in [2.45, 2.75) is 18.6 Å². The summed E-state index contributed by atoms with van der Waals surface area (Å²) in [5, 5.41) is 9.94.